The molecule has 2 aromatic rings. The minimum atomic E-state index is -0.581. The monoisotopic (exact) mass is 537 g/mol. The molecule has 0 aromatic carbocycles. The molecular weight excluding hydrogens is 494 g/mol. The fourth-order valence-electron chi connectivity index (χ4n) is 7.65. The third-order valence-electron chi connectivity index (χ3n) is 9.93. The van der Waals surface area contributed by atoms with E-state index in [0.717, 1.165) is 81.1 Å². The Morgan fingerprint density at radius 2 is 2.03 bits per heavy atom. The molecule has 2 aromatic heterocycles. The number of likely N-dealkylation sites (tertiary alicyclic amines) is 1. The van der Waals surface area contributed by atoms with E-state index in [2.05, 4.69) is 36.6 Å². The van der Waals surface area contributed by atoms with Crippen LogP contribution in [-0.4, -0.2) is 75.3 Å². The van der Waals surface area contributed by atoms with Gasteiger partial charge in [-0.1, -0.05) is 6.42 Å². The maximum atomic E-state index is 13.1. The number of aryl methyl sites for hydroxylation is 1. The number of aromatic nitrogens is 3. The number of ether oxygens (including phenoxy) is 2. The molecule has 9 heteroatoms. The molecule has 1 spiro atoms. The van der Waals surface area contributed by atoms with Crippen LogP contribution in [0.15, 0.2) is 11.8 Å². The summed E-state index contributed by atoms with van der Waals surface area (Å²) in [5.41, 5.74) is 8.73. The van der Waals surface area contributed by atoms with Gasteiger partial charge in [0.15, 0.2) is 11.6 Å². The van der Waals surface area contributed by atoms with Crippen LogP contribution in [0.5, 0.6) is 5.88 Å². The fraction of sp³-hybridized carbons (Fsp3) is 0.700. The van der Waals surface area contributed by atoms with Crippen molar-refractivity contribution in [3.63, 3.8) is 0 Å². The molecule has 2 aliphatic carbocycles. The van der Waals surface area contributed by atoms with Crippen LogP contribution in [0.4, 0.5) is 0 Å². The van der Waals surface area contributed by atoms with Gasteiger partial charge in [0.25, 0.3) is 0 Å². The Morgan fingerprint density at radius 1 is 1.21 bits per heavy atom. The van der Waals surface area contributed by atoms with Gasteiger partial charge in [0, 0.05) is 36.7 Å². The second kappa shape index (κ2) is 10.5. The van der Waals surface area contributed by atoms with Crippen LogP contribution in [0.1, 0.15) is 88.6 Å². The molecule has 6 rings (SSSR count). The molecule has 2 aliphatic heterocycles. The molecule has 5 atom stereocenters. The molecule has 212 valence electrons. The zero-order chi connectivity index (χ0) is 27.3. The summed E-state index contributed by atoms with van der Waals surface area (Å²) < 4.78 is 14.5. The Morgan fingerprint density at radius 3 is 2.74 bits per heavy atom. The summed E-state index contributed by atoms with van der Waals surface area (Å²) >= 11 is 0. The lowest BCUT2D eigenvalue weighted by Gasteiger charge is -2.44. The topological polar surface area (TPSA) is 116 Å². The molecule has 3 N–H and O–H groups in total. The largest absolute Gasteiger partial charge is 0.504 e. The molecule has 0 radical (unpaired) electrons. The van der Waals surface area contributed by atoms with E-state index in [1.807, 2.05) is 0 Å². The summed E-state index contributed by atoms with van der Waals surface area (Å²) in [6, 6.07) is -0.0458. The fourth-order valence-corrected chi connectivity index (χ4v) is 7.65. The predicted octanol–water partition coefficient (Wildman–Crippen LogP) is 4.47. The van der Waals surface area contributed by atoms with Gasteiger partial charge in [-0.15, -0.1) is 0 Å². The molecular formula is C30H43N5O4. The molecule has 0 amide bonds. The van der Waals surface area contributed by atoms with Crippen molar-refractivity contribution in [3.8, 4) is 5.88 Å². The van der Waals surface area contributed by atoms with E-state index in [4.69, 9.17) is 25.2 Å². The van der Waals surface area contributed by atoms with E-state index >= 15 is 0 Å². The first kappa shape index (κ1) is 26.7. The van der Waals surface area contributed by atoms with E-state index in [1.165, 1.54) is 0 Å². The highest BCUT2D eigenvalue weighted by molar-refractivity contribution is 5.88. The van der Waals surface area contributed by atoms with Crippen molar-refractivity contribution in [1.82, 2.24) is 19.4 Å². The summed E-state index contributed by atoms with van der Waals surface area (Å²) in [5.74, 6) is 0.976. The van der Waals surface area contributed by atoms with Gasteiger partial charge in [-0.05, 0) is 89.9 Å². The summed E-state index contributed by atoms with van der Waals surface area (Å²) in [5, 5.41) is 12.6. The van der Waals surface area contributed by atoms with Crippen LogP contribution in [0.3, 0.4) is 0 Å². The van der Waals surface area contributed by atoms with Crippen LogP contribution < -0.4 is 10.5 Å². The van der Waals surface area contributed by atoms with E-state index in [1.54, 1.807) is 0 Å². The quantitative estimate of drug-likeness (QED) is 0.537. The third kappa shape index (κ3) is 4.56. The van der Waals surface area contributed by atoms with Gasteiger partial charge in [-0.2, -0.15) is 4.98 Å². The van der Waals surface area contributed by atoms with Gasteiger partial charge in [0.05, 0.1) is 18.0 Å². The molecule has 4 fully saturated rings. The third-order valence-corrected chi connectivity index (χ3v) is 9.93. The summed E-state index contributed by atoms with van der Waals surface area (Å²) in [6.07, 6.45) is 10.7. The van der Waals surface area contributed by atoms with Crippen LogP contribution >= 0.6 is 0 Å². The molecule has 4 aliphatic rings. The van der Waals surface area contributed by atoms with Crippen molar-refractivity contribution in [2.24, 2.45) is 11.1 Å². The molecule has 2 saturated carbocycles. The van der Waals surface area contributed by atoms with Gasteiger partial charge >= 0.3 is 0 Å². The second-order valence-electron chi connectivity index (χ2n) is 12.3. The zero-order valence-corrected chi connectivity index (χ0v) is 23.6. The summed E-state index contributed by atoms with van der Waals surface area (Å²) in [6.45, 7) is 6.57. The van der Waals surface area contributed by atoms with E-state index in [0.29, 0.717) is 36.9 Å². The Balaban J connectivity index is 1.45. The Kier molecular flexibility index (Phi) is 7.18. The zero-order valence-electron chi connectivity index (χ0n) is 23.6. The van der Waals surface area contributed by atoms with Crippen LogP contribution in [-0.2, 0) is 9.53 Å². The second-order valence-corrected chi connectivity index (χ2v) is 12.3. The predicted molar refractivity (Wildman–Crippen MR) is 150 cm³/mol. The van der Waals surface area contributed by atoms with Crippen LogP contribution in [0.2, 0.25) is 0 Å². The number of carbonyl (C=O) groups is 1. The summed E-state index contributed by atoms with van der Waals surface area (Å²) in [7, 11) is 2.14. The minimum Gasteiger partial charge on any atom is -0.504 e. The highest BCUT2D eigenvalue weighted by Crippen LogP contribution is 2.48. The number of carbonyl (C=O) groups excluding carboxylic acids is 1. The van der Waals surface area contributed by atoms with Crippen molar-refractivity contribution in [2.45, 2.75) is 102 Å². The van der Waals surface area contributed by atoms with E-state index in [-0.39, 0.29) is 29.5 Å². The lowest BCUT2D eigenvalue weighted by Crippen LogP contribution is -2.52. The van der Waals surface area contributed by atoms with Crippen LogP contribution in [0.25, 0.3) is 16.8 Å². The highest BCUT2D eigenvalue weighted by Gasteiger charge is 2.48. The van der Waals surface area contributed by atoms with Crippen LogP contribution in [0, 0.1) is 12.3 Å². The molecule has 9 nitrogen and oxygen atoms in total. The lowest BCUT2D eigenvalue weighted by molar-refractivity contribution is -0.133. The number of aliphatic hydroxyl groups is 1. The van der Waals surface area contributed by atoms with E-state index < -0.39 is 11.5 Å². The van der Waals surface area contributed by atoms with Crippen molar-refractivity contribution in [2.75, 3.05) is 26.8 Å². The lowest BCUT2D eigenvalue weighted by atomic mass is 9.60. The minimum absolute atomic E-state index is 0.00501. The van der Waals surface area contributed by atoms with Gasteiger partial charge < -0.3 is 24.9 Å². The molecule has 2 saturated heterocycles. The number of hydrogen-bond acceptors (Lipinski definition) is 8. The van der Waals surface area contributed by atoms with Crippen molar-refractivity contribution in [1.29, 1.82) is 0 Å². The van der Waals surface area contributed by atoms with E-state index in [9.17, 15) is 9.90 Å². The maximum Gasteiger partial charge on any atom is 0.227 e. The number of fused-ring (bicyclic) bond motifs is 1. The number of Topliss-reactive ketones (excluding diaryl/α,β-unsaturated/α-hetero) is 1. The van der Waals surface area contributed by atoms with Gasteiger partial charge in [-0.3, -0.25) is 9.69 Å². The smallest absolute Gasteiger partial charge is 0.227 e. The first-order valence-electron chi connectivity index (χ1n) is 14.8. The number of hydrogen-bond donors (Lipinski definition) is 2. The first-order chi connectivity index (χ1) is 18.8. The number of likely N-dealkylation sites (N-methyl/N-ethyl adjacent to an activating group) is 1. The Labute approximate surface area is 230 Å². The summed E-state index contributed by atoms with van der Waals surface area (Å²) in [4.78, 5) is 25.3. The average molecular weight is 538 g/mol. The van der Waals surface area contributed by atoms with Gasteiger partial charge in [0.2, 0.25) is 5.88 Å². The number of nitrogens with zero attached hydrogens (tertiary/aromatic N) is 4. The number of rotatable bonds is 5. The Hall–Kier alpha value is -2.49. The van der Waals surface area contributed by atoms with Gasteiger partial charge in [-0.25, -0.2) is 4.98 Å². The molecule has 39 heavy (non-hydrogen) atoms. The number of aliphatic hydroxyl groups excluding tert-OH is 1. The maximum absolute atomic E-state index is 13.1. The normalized spacial score (nSPS) is 32.3. The molecule has 2 unspecified atom stereocenters. The first-order valence-corrected chi connectivity index (χ1v) is 14.8. The van der Waals surface area contributed by atoms with Crippen molar-refractivity contribution >= 4 is 22.6 Å². The average Bonchev–Trinajstić information content (AvgIpc) is 3.67. The van der Waals surface area contributed by atoms with Gasteiger partial charge in [0.1, 0.15) is 17.5 Å². The van der Waals surface area contributed by atoms with Crippen molar-refractivity contribution < 1.29 is 19.4 Å². The standard InChI is InChI=1S/C30H43N5O4/c1-18-16-35(20-11-15-38-17-20)28-24(18)29(39-19(2)22-9-7-14-34(22)3)33-27(32-28)25(37)21-8-6-13-30(26(21)31)12-5-4-10-23(30)36/h16,19-20,22,26,37H,4-15,17,31H2,1-3H3/b25-21-/t19-,20+,22?,26?,30+/m0/s1. The molecule has 0 bridgehead atoms. The number of ketones is 1. The molecule has 4 heterocycles. The Bertz CT molecular complexity index is 1280. The number of nitrogens with two attached hydrogens (primary N) is 1. The highest BCUT2D eigenvalue weighted by atomic mass is 16.5. The SMILES string of the molecule is Cc1cn([C@@H]2CCOC2)c2nc(/C(O)=C3\CCC[C@@]4(CCCCC4=O)C3N)nc(O[C@@H](C)C3CCCN3C)c12. The van der Waals surface area contributed by atoms with Crippen molar-refractivity contribution in [3.05, 3.63) is 23.2 Å².